The van der Waals surface area contributed by atoms with Crippen molar-refractivity contribution in [2.24, 2.45) is 0 Å². The fourth-order valence-electron chi connectivity index (χ4n) is 3.15. The highest BCUT2D eigenvalue weighted by atomic mass is 79.9. The van der Waals surface area contributed by atoms with E-state index in [4.69, 9.17) is 4.74 Å². The number of halogens is 2. The summed E-state index contributed by atoms with van der Waals surface area (Å²) in [5.74, 6) is 1.35. The van der Waals surface area contributed by atoms with Crippen LogP contribution in [-0.2, 0) is 0 Å². The summed E-state index contributed by atoms with van der Waals surface area (Å²) in [4.78, 5) is 12.5. The summed E-state index contributed by atoms with van der Waals surface area (Å²) < 4.78 is 22.7. The number of aromatic nitrogens is 5. The van der Waals surface area contributed by atoms with Crippen molar-refractivity contribution in [3.05, 3.63) is 77.2 Å². The molecule has 0 amide bonds. The minimum atomic E-state index is -0.406. The zero-order valence-electron chi connectivity index (χ0n) is 15.7. The molecule has 0 fully saturated rings. The van der Waals surface area contributed by atoms with Gasteiger partial charge in [-0.2, -0.15) is 5.10 Å². The number of aryl methyl sites for hydroxylation is 1. The van der Waals surface area contributed by atoms with Gasteiger partial charge < -0.3 is 10.1 Å². The largest absolute Gasteiger partial charge is 0.457 e. The van der Waals surface area contributed by atoms with Crippen LogP contribution in [0.2, 0.25) is 0 Å². The number of hydrogen-bond acceptors (Lipinski definition) is 6. The smallest absolute Gasteiger partial charge is 0.158 e. The molecule has 3 aromatic heterocycles. The Kier molecular flexibility index (Phi) is 4.51. The highest BCUT2D eigenvalue weighted by Gasteiger charge is 2.13. The zero-order valence-corrected chi connectivity index (χ0v) is 17.3. The van der Waals surface area contributed by atoms with Gasteiger partial charge in [-0.15, -0.1) is 0 Å². The molecule has 3 heterocycles. The molecule has 7 nitrogen and oxygen atoms in total. The van der Waals surface area contributed by atoms with Crippen LogP contribution in [0.1, 0.15) is 5.56 Å². The monoisotopic (exact) mass is 464 g/mol. The Morgan fingerprint density at radius 3 is 2.80 bits per heavy atom. The molecule has 0 saturated heterocycles. The molecule has 0 aliphatic rings. The van der Waals surface area contributed by atoms with E-state index in [1.807, 2.05) is 37.3 Å². The number of benzene rings is 2. The molecule has 0 unspecified atom stereocenters. The molecule has 30 heavy (non-hydrogen) atoms. The van der Waals surface area contributed by atoms with Crippen LogP contribution in [0.4, 0.5) is 15.9 Å². The van der Waals surface area contributed by atoms with E-state index >= 15 is 0 Å². The number of anilines is 2. The van der Waals surface area contributed by atoms with Crippen molar-refractivity contribution in [1.82, 2.24) is 24.6 Å². The van der Waals surface area contributed by atoms with E-state index in [1.54, 1.807) is 22.8 Å². The summed E-state index contributed by atoms with van der Waals surface area (Å²) in [6.45, 7) is 1.94. The van der Waals surface area contributed by atoms with Crippen LogP contribution >= 0.6 is 15.9 Å². The van der Waals surface area contributed by atoms with Crippen LogP contribution in [0.5, 0.6) is 11.5 Å². The van der Waals surface area contributed by atoms with Crippen molar-refractivity contribution in [3.8, 4) is 11.5 Å². The maximum atomic E-state index is 14.6. The summed E-state index contributed by atoms with van der Waals surface area (Å²) in [6, 6.07) is 12.6. The molecular weight excluding hydrogens is 451 g/mol. The molecule has 0 atom stereocenters. The number of nitrogens with zero attached hydrogens (tertiary/aromatic N) is 5. The quantitative estimate of drug-likeness (QED) is 0.382. The van der Waals surface area contributed by atoms with Crippen LogP contribution in [-0.4, -0.2) is 24.6 Å². The van der Waals surface area contributed by atoms with Crippen LogP contribution in [0.15, 0.2) is 65.8 Å². The van der Waals surface area contributed by atoms with Crippen molar-refractivity contribution in [2.45, 2.75) is 6.92 Å². The van der Waals surface area contributed by atoms with Gasteiger partial charge >= 0.3 is 0 Å². The first kappa shape index (κ1) is 18.4. The highest BCUT2D eigenvalue weighted by Crippen LogP contribution is 2.32. The van der Waals surface area contributed by atoms with Crippen molar-refractivity contribution in [2.75, 3.05) is 5.32 Å². The Morgan fingerprint density at radius 1 is 1.03 bits per heavy atom. The number of fused-ring (bicyclic) bond motifs is 2. The van der Waals surface area contributed by atoms with Gasteiger partial charge in [-0.25, -0.2) is 23.9 Å². The molecule has 0 radical (unpaired) electrons. The number of rotatable bonds is 4. The van der Waals surface area contributed by atoms with Crippen molar-refractivity contribution in [1.29, 1.82) is 0 Å². The molecule has 0 saturated carbocycles. The third kappa shape index (κ3) is 3.33. The first-order chi connectivity index (χ1) is 14.6. The minimum absolute atomic E-state index is 0.325. The SMILES string of the molecule is Cc1cc(Nc2ncnc3ccc(Br)c(F)c23)ccc1Oc1ccn2ncnc2c1. The van der Waals surface area contributed by atoms with Crippen molar-refractivity contribution >= 4 is 44.0 Å². The molecule has 1 N–H and O–H groups in total. The van der Waals surface area contributed by atoms with Crippen molar-refractivity contribution < 1.29 is 9.13 Å². The standard InChI is InChI=1S/C21H14BrFN6O/c1-12-8-13(28-21-19-16(24-10-26-21)4-3-15(22)20(19)23)2-5-17(12)30-14-6-7-29-18(9-14)25-11-27-29/h2-11H,1H3,(H,24,26,28). The summed E-state index contributed by atoms with van der Waals surface area (Å²) in [6.07, 6.45) is 4.68. The van der Waals surface area contributed by atoms with Gasteiger partial charge in [0.15, 0.2) is 11.5 Å². The molecule has 148 valence electrons. The van der Waals surface area contributed by atoms with Gasteiger partial charge in [0.05, 0.1) is 15.4 Å². The van der Waals surface area contributed by atoms with Crippen LogP contribution in [0.3, 0.4) is 0 Å². The van der Waals surface area contributed by atoms with E-state index in [0.29, 0.717) is 38.3 Å². The van der Waals surface area contributed by atoms with Gasteiger partial charge in [-0.3, -0.25) is 0 Å². The van der Waals surface area contributed by atoms with Gasteiger partial charge in [0.1, 0.15) is 30.0 Å². The zero-order chi connectivity index (χ0) is 20.7. The maximum Gasteiger partial charge on any atom is 0.158 e. The normalized spacial score (nSPS) is 11.2. The van der Waals surface area contributed by atoms with E-state index in [-0.39, 0.29) is 0 Å². The number of hydrogen-bond donors (Lipinski definition) is 1. The Morgan fingerprint density at radius 2 is 1.93 bits per heavy atom. The number of pyridine rings is 1. The minimum Gasteiger partial charge on any atom is -0.457 e. The molecule has 5 aromatic rings. The van der Waals surface area contributed by atoms with E-state index in [2.05, 4.69) is 41.3 Å². The Labute approximate surface area is 178 Å². The lowest BCUT2D eigenvalue weighted by Crippen LogP contribution is -1.99. The Balaban J connectivity index is 1.44. The van der Waals surface area contributed by atoms with E-state index in [1.165, 1.54) is 12.7 Å². The highest BCUT2D eigenvalue weighted by molar-refractivity contribution is 9.10. The fraction of sp³-hybridized carbons (Fsp3) is 0.0476. The molecular formula is C21H14BrFN6O. The van der Waals surface area contributed by atoms with Gasteiger partial charge in [0.2, 0.25) is 0 Å². The predicted molar refractivity (Wildman–Crippen MR) is 115 cm³/mol. The number of nitrogens with one attached hydrogen (secondary N) is 1. The third-order valence-electron chi connectivity index (χ3n) is 4.61. The van der Waals surface area contributed by atoms with Gasteiger partial charge in [0, 0.05) is 18.0 Å². The Bertz CT molecular complexity index is 1400. The second kappa shape index (κ2) is 7.34. The average molecular weight is 465 g/mol. The first-order valence-electron chi connectivity index (χ1n) is 9.02. The fourth-order valence-corrected chi connectivity index (χ4v) is 3.48. The second-order valence-corrected chi connectivity index (χ2v) is 7.46. The molecule has 5 rings (SSSR count). The third-order valence-corrected chi connectivity index (χ3v) is 5.22. The number of ether oxygens (including phenoxy) is 1. The van der Waals surface area contributed by atoms with Crippen LogP contribution in [0, 0.1) is 12.7 Å². The predicted octanol–water partition coefficient (Wildman–Crippen LogP) is 5.42. The van der Waals surface area contributed by atoms with Crippen molar-refractivity contribution in [3.63, 3.8) is 0 Å². The summed E-state index contributed by atoms with van der Waals surface area (Å²) >= 11 is 3.22. The lowest BCUT2D eigenvalue weighted by molar-refractivity contribution is 0.478. The van der Waals surface area contributed by atoms with Gasteiger partial charge in [-0.05, 0) is 64.8 Å². The molecule has 0 aliphatic heterocycles. The summed E-state index contributed by atoms with van der Waals surface area (Å²) in [7, 11) is 0. The van der Waals surface area contributed by atoms with E-state index in [9.17, 15) is 4.39 Å². The van der Waals surface area contributed by atoms with Crippen LogP contribution < -0.4 is 10.1 Å². The molecule has 0 bridgehead atoms. The van der Waals surface area contributed by atoms with Gasteiger partial charge in [-0.1, -0.05) is 0 Å². The van der Waals surface area contributed by atoms with E-state index < -0.39 is 5.82 Å². The maximum absolute atomic E-state index is 14.6. The molecule has 9 heteroatoms. The Hall–Kier alpha value is -3.59. The van der Waals surface area contributed by atoms with Crippen LogP contribution in [0.25, 0.3) is 16.6 Å². The topological polar surface area (TPSA) is 77.2 Å². The molecule has 2 aromatic carbocycles. The van der Waals surface area contributed by atoms with Gasteiger partial charge in [0.25, 0.3) is 0 Å². The summed E-state index contributed by atoms with van der Waals surface area (Å²) in [5, 5.41) is 7.57. The molecule has 0 spiro atoms. The second-order valence-electron chi connectivity index (χ2n) is 6.61. The lowest BCUT2D eigenvalue weighted by Gasteiger charge is -2.13. The first-order valence-corrected chi connectivity index (χ1v) is 9.81. The lowest BCUT2D eigenvalue weighted by atomic mass is 10.2. The summed E-state index contributed by atoms with van der Waals surface area (Å²) in [5.41, 5.74) is 2.88. The molecule has 0 aliphatic carbocycles. The van der Waals surface area contributed by atoms with E-state index in [0.717, 1.165) is 11.3 Å². The average Bonchev–Trinajstić information content (AvgIpc) is 3.21.